The predicted molar refractivity (Wildman–Crippen MR) is 77.1 cm³/mol. The van der Waals surface area contributed by atoms with E-state index in [2.05, 4.69) is 20.4 Å². The molecule has 0 spiro atoms. The van der Waals surface area contributed by atoms with Gasteiger partial charge in [0.25, 0.3) is 0 Å². The highest BCUT2D eigenvalue weighted by molar-refractivity contribution is 5.76. The topological polar surface area (TPSA) is 107 Å². The molecule has 0 saturated heterocycles. The van der Waals surface area contributed by atoms with Crippen LogP contribution in [0.1, 0.15) is 26.2 Å². The molecule has 21 heavy (non-hydrogen) atoms. The molecule has 0 aromatic carbocycles. The highest BCUT2D eigenvalue weighted by Gasteiger charge is 2.18. The minimum absolute atomic E-state index is 0.0944. The maximum atomic E-state index is 11.8. The Bertz CT molecular complexity index is 594. The van der Waals surface area contributed by atoms with Gasteiger partial charge in [0.2, 0.25) is 17.6 Å². The van der Waals surface area contributed by atoms with Gasteiger partial charge in [0.05, 0.1) is 0 Å². The van der Waals surface area contributed by atoms with Gasteiger partial charge in [-0.05, 0) is 26.0 Å². The molecular formula is C14H19N5O2. The maximum Gasteiger partial charge on any atom is 0.227 e. The van der Waals surface area contributed by atoms with Gasteiger partial charge in [0, 0.05) is 31.1 Å². The molecule has 0 bridgehead atoms. The van der Waals surface area contributed by atoms with Crippen LogP contribution >= 0.6 is 0 Å². The number of hydrogen-bond donors (Lipinski definition) is 2. The Hall–Kier alpha value is -2.28. The summed E-state index contributed by atoms with van der Waals surface area (Å²) in [5.41, 5.74) is 5.80. The molecule has 3 N–H and O–H groups in total. The van der Waals surface area contributed by atoms with Crippen LogP contribution in [0, 0.1) is 0 Å². The van der Waals surface area contributed by atoms with E-state index in [1.165, 1.54) is 0 Å². The number of nitrogens with zero attached hydrogens (tertiary/aromatic N) is 3. The van der Waals surface area contributed by atoms with E-state index >= 15 is 0 Å². The average Bonchev–Trinajstić information content (AvgIpc) is 2.95. The molecule has 112 valence electrons. The number of aromatic nitrogens is 3. The van der Waals surface area contributed by atoms with Crippen LogP contribution in [-0.2, 0) is 11.2 Å². The van der Waals surface area contributed by atoms with Crippen LogP contribution in [0.2, 0.25) is 0 Å². The van der Waals surface area contributed by atoms with Crippen molar-refractivity contribution in [1.29, 1.82) is 0 Å². The van der Waals surface area contributed by atoms with Gasteiger partial charge in [-0.3, -0.25) is 9.78 Å². The van der Waals surface area contributed by atoms with Crippen molar-refractivity contribution in [3.63, 3.8) is 0 Å². The Morgan fingerprint density at radius 2 is 2.24 bits per heavy atom. The molecule has 0 aliphatic rings. The van der Waals surface area contributed by atoms with Crippen LogP contribution in [0.25, 0.3) is 11.5 Å². The molecule has 7 heteroatoms. The van der Waals surface area contributed by atoms with Crippen molar-refractivity contribution in [1.82, 2.24) is 20.4 Å². The van der Waals surface area contributed by atoms with Crippen molar-refractivity contribution in [2.75, 3.05) is 6.54 Å². The van der Waals surface area contributed by atoms with Gasteiger partial charge in [0.15, 0.2) is 0 Å². The van der Waals surface area contributed by atoms with Crippen molar-refractivity contribution >= 4 is 5.91 Å². The second-order valence-corrected chi connectivity index (χ2v) is 5.36. The summed E-state index contributed by atoms with van der Waals surface area (Å²) in [6.07, 6.45) is 2.31. The molecule has 0 atom stereocenters. The molecule has 2 aromatic heterocycles. The molecule has 0 radical (unpaired) electrons. The number of nitrogens with one attached hydrogen (secondary N) is 1. The van der Waals surface area contributed by atoms with Gasteiger partial charge in [-0.1, -0.05) is 11.2 Å². The first-order chi connectivity index (χ1) is 10.00. The smallest absolute Gasteiger partial charge is 0.227 e. The van der Waals surface area contributed by atoms with Crippen LogP contribution in [-0.4, -0.2) is 33.1 Å². The summed E-state index contributed by atoms with van der Waals surface area (Å²) in [6, 6.07) is 5.46. The average molecular weight is 289 g/mol. The molecule has 0 fully saturated rings. The van der Waals surface area contributed by atoms with Crippen LogP contribution in [0.4, 0.5) is 0 Å². The summed E-state index contributed by atoms with van der Waals surface area (Å²) in [5.74, 6) is 0.743. The van der Waals surface area contributed by atoms with Crippen molar-refractivity contribution < 1.29 is 9.32 Å². The monoisotopic (exact) mass is 289 g/mol. The first-order valence-electron chi connectivity index (χ1n) is 6.75. The number of amides is 1. The zero-order chi connectivity index (χ0) is 15.3. The summed E-state index contributed by atoms with van der Waals surface area (Å²) in [5, 5.41) is 6.70. The molecule has 0 saturated carbocycles. The molecule has 2 heterocycles. The minimum Gasteiger partial charge on any atom is -0.350 e. The van der Waals surface area contributed by atoms with E-state index in [9.17, 15) is 4.79 Å². The molecule has 1 amide bonds. The first kappa shape index (κ1) is 15.1. The van der Waals surface area contributed by atoms with E-state index in [4.69, 9.17) is 10.3 Å². The zero-order valence-electron chi connectivity index (χ0n) is 12.2. The van der Waals surface area contributed by atoms with Crippen molar-refractivity contribution in [2.24, 2.45) is 5.73 Å². The third kappa shape index (κ3) is 4.35. The van der Waals surface area contributed by atoms with Crippen LogP contribution < -0.4 is 11.1 Å². The SMILES string of the molecule is CC(C)(CN)NC(=O)CCc1nc(-c2ccccn2)no1. The molecule has 0 unspecified atom stereocenters. The Kier molecular flexibility index (Phi) is 4.64. The lowest BCUT2D eigenvalue weighted by Gasteiger charge is -2.23. The summed E-state index contributed by atoms with van der Waals surface area (Å²) in [6.45, 7) is 4.12. The summed E-state index contributed by atoms with van der Waals surface area (Å²) >= 11 is 0. The second kappa shape index (κ2) is 6.45. The maximum absolute atomic E-state index is 11.8. The Morgan fingerprint density at radius 3 is 2.90 bits per heavy atom. The number of rotatable bonds is 6. The molecule has 0 aliphatic heterocycles. The van der Waals surface area contributed by atoms with Crippen molar-refractivity contribution in [3.05, 3.63) is 30.3 Å². The quantitative estimate of drug-likeness (QED) is 0.818. The third-order valence-electron chi connectivity index (χ3n) is 2.92. The van der Waals surface area contributed by atoms with Gasteiger partial charge in [-0.2, -0.15) is 4.98 Å². The second-order valence-electron chi connectivity index (χ2n) is 5.36. The lowest BCUT2D eigenvalue weighted by Crippen LogP contribution is -2.48. The fraction of sp³-hybridized carbons (Fsp3) is 0.429. The van der Waals surface area contributed by atoms with Crippen LogP contribution in [0.5, 0.6) is 0 Å². The molecule has 2 aromatic rings. The number of nitrogens with two attached hydrogens (primary N) is 1. The van der Waals surface area contributed by atoms with E-state index < -0.39 is 5.54 Å². The number of pyridine rings is 1. The highest BCUT2D eigenvalue weighted by Crippen LogP contribution is 2.12. The van der Waals surface area contributed by atoms with Gasteiger partial charge in [-0.25, -0.2) is 0 Å². The van der Waals surface area contributed by atoms with Crippen LogP contribution in [0.15, 0.2) is 28.9 Å². The number of hydrogen-bond acceptors (Lipinski definition) is 6. The normalized spacial score (nSPS) is 11.4. The first-order valence-corrected chi connectivity index (χ1v) is 6.75. The summed E-state index contributed by atoms with van der Waals surface area (Å²) < 4.78 is 5.12. The van der Waals surface area contributed by atoms with Gasteiger partial charge in [0.1, 0.15) is 5.69 Å². The highest BCUT2D eigenvalue weighted by atomic mass is 16.5. The molecular weight excluding hydrogens is 270 g/mol. The van der Waals surface area contributed by atoms with E-state index in [1.807, 2.05) is 26.0 Å². The number of aryl methyl sites for hydroxylation is 1. The summed E-state index contributed by atoms with van der Waals surface area (Å²) in [4.78, 5) is 20.2. The molecule has 7 nitrogen and oxygen atoms in total. The largest absolute Gasteiger partial charge is 0.350 e. The summed E-state index contributed by atoms with van der Waals surface area (Å²) in [7, 11) is 0. The fourth-order valence-electron chi connectivity index (χ4n) is 1.67. The van der Waals surface area contributed by atoms with E-state index in [0.29, 0.717) is 30.4 Å². The van der Waals surface area contributed by atoms with E-state index in [0.717, 1.165) is 0 Å². The van der Waals surface area contributed by atoms with Crippen LogP contribution in [0.3, 0.4) is 0 Å². The molecule has 2 rings (SSSR count). The van der Waals surface area contributed by atoms with Crippen molar-refractivity contribution in [2.45, 2.75) is 32.2 Å². The predicted octanol–water partition coefficient (Wildman–Crippen LogP) is 0.918. The fourth-order valence-corrected chi connectivity index (χ4v) is 1.67. The Labute approximate surface area is 122 Å². The zero-order valence-corrected chi connectivity index (χ0v) is 12.2. The number of carbonyl (C=O) groups excluding carboxylic acids is 1. The minimum atomic E-state index is -0.412. The Balaban J connectivity index is 1.90. The van der Waals surface area contributed by atoms with Gasteiger partial charge >= 0.3 is 0 Å². The van der Waals surface area contributed by atoms with Gasteiger partial charge in [-0.15, -0.1) is 0 Å². The standard InChI is InChI=1S/C14H19N5O2/c1-14(2,9-15)18-11(20)6-7-12-17-13(19-21-12)10-5-3-4-8-16-10/h3-5,8H,6-7,9,15H2,1-2H3,(H,18,20). The van der Waals surface area contributed by atoms with Gasteiger partial charge < -0.3 is 15.6 Å². The molecule has 0 aliphatic carbocycles. The van der Waals surface area contributed by atoms with Crippen molar-refractivity contribution in [3.8, 4) is 11.5 Å². The third-order valence-corrected chi connectivity index (χ3v) is 2.92. The lowest BCUT2D eigenvalue weighted by atomic mass is 10.1. The van der Waals surface area contributed by atoms with E-state index in [1.54, 1.807) is 12.3 Å². The Morgan fingerprint density at radius 1 is 1.43 bits per heavy atom. The van der Waals surface area contributed by atoms with E-state index in [-0.39, 0.29) is 12.3 Å². The number of carbonyl (C=O) groups is 1. The lowest BCUT2D eigenvalue weighted by molar-refractivity contribution is -0.122.